The monoisotopic (exact) mass is 471 g/mol. The quantitative estimate of drug-likeness (QED) is 0.307. The van der Waals surface area contributed by atoms with Crippen molar-refractivity contribution in [3.8, 4) is 16.9 Å². The topological polar surface area (TPSA) is 94.8 Å². The molecule has 0 saturated heterocycles. The Hall–Kier alpha value is -4.39. The summed E-state index contributed by atoms with van der Waals surface area (Å²) in [4.78, 5) is 37.2. The summed E-state index contributed by atoms with van der Waals surface area (Å²) in [6, 6.07) is 24.5. The highest BCUT2D eigenvalue weighted by Crippen LogP contribution is 2.29. The van der Waals surface area contributed by atoms with E-state index in [9.17, 15) is 14.4 Å². The summed E-state index contributed by atoms with van der Waals surface area (Å²) < 4.78 is 16.0. The van der Waals surface area contributed by atoms with E-state index in [1.807, 2.05) is 60.7 Å². The Labute approximate surface area is 202 Å². The van der Waals surface area contributed by atoms with Gasteiger partial charge in [-0.25, -0.2) is 9.59 Å². The van der Waals surface area contributed by atoms with Gasteiger partial charge in [-0.15, -0.1) is 0 Å². The van der Waals surface area contributed by atoms with Gasteiger partial charge in [0.25, 0.3) is 5.91 Å². The molecule has 1 amide bonds. The Morgan fingerprint density at radius 3 is 2.31 bits per heavy atom. The fourth-order valence-corrected chi connectivity index (χ4v) is 3.80. The van der Waals surface area contributed by atoms with E-state index in [4.69, 9.17) is 13.9 Å². The van der Waals surface area contributed by atoms with Crippen molar-refractivity contribution in [2.45, 2.75) is 25.5 Å². The summed E-state index contributed by atoms with van der Waals surface area (Å²) >= 11 is 0. The molecule has 2 atom stereocenters. The van der Waals surface area contributed by atoms with Crippen LogP contribution in [0.25, 0.3) is 22.1 Å². The maximum absolute atomic E-state index is 12.8. The largest absolute Gasteiger partial charge is 0.481 e. The van der Waals surface area contributed by atoms with Crippen LogP contribution >= 0.6 is 0 Å². The summed E-state index contributed by atoms with van der Waals surface area (Å²) in [7, 11) is 1.28. The molecule has 3 aromatic carbocycles. The van der Waals surface area contributed by atoms with Crippen LogP contribution in [0.5, 0.6) is 5.75 Å². The Bertz CT molecular complexity index is 1380. The third-order valence-corrected chi connectivity index (χ3v) is 5.57. The zero-order chi connectivity index (χ0) is 24.8. The Morgan fingerprint density at radius 1 is 0.943 bits per heavy atom. The van der Waals surface area contributed by atoms with Crippen molar-refractivity contribution in [3.05, 3.63) is 101 Å². The SMILES string of the molecule is COC(=O)[C@H](Cc1ccccc1)NC(=O)[C@H](C)Oc1ccc2c(-c3ccccc3)cc(=O)oc2c1. The second kappa shape index (κ2) is 10.7. The minimum atomic E-state index is -0.917. The molecule has 7 nitrogen and oxygen atoms in total. The fraction of sp³-hybridized carbons (Fsp3) is 0.179. The molecule has 35 heavy (non-hydrogen) atoms. The van der Waals surface area contributed by atoms with Crippen LogP contribution in [-0.2, 0) is 20.7 Å². The fourth-order valence-electron chi connectivity index (χ4n) is 3.80. The number of hydrogen-bond acceptors (Lipinski definition) is 6. The first-order chi connectivity index (χ1) is 16.9. The van der Waals surface area contributed by atoms with Crippen molar-refractivity contribution in [2.24, 2.45) is 0 Å². The molecule has 178 valence electrons. The lowest BCUT2D eigenvalue weighted by atomic mass is 10.0. The number of fused-ring (bicyclic) bond motifs is 1. The second-order valence-corrected chi connectivity index (χ2v) is 8.04. The van der Waals surface area contributed by atoms with Crippen molar-refractivity contribution >= 4 is 22.8 Å². The molecule has 0 aliphatic heterocycles. The predicted octanol–water partition coefficient (Wildman–Crippen LogP) is 4.13. The van der Waals surface area contributed by atoms with Crippen LogP contribution in [-0.4, -0.2) is 31.1 Å². The van der Waals surface area contributed by atoms with E-state index < -0.39 is 29.6 Å². The molecule has 0 spiro atoms. The van der Waals surface area contributed by atoms with Crippen molar-refractivity contribution in [3.63, 3.8) is 0 Å². The molecule has 0 aliphatic carbocycles. The van der Waals surface area contributed by atoms with E-state index >= 15 is 0 Å². The number of carbonyl (C=O) groups is 2. The first-order valence-corrected chi connectivity index (χ1v) is 11.2. The summed E-state index contributed by atoms with van der Waals surface area (Å²) in [5.74, 6) is -0.669. The van der Waals surface area contributed by atoms with Crippen molar-refractivity contribution < 1.29 is 23.5 Å². The average Bonchev–Trinajstić information content (AvgIpc) is 2.88. The van der Waals surface area contributed by atoms with Gasteiger partial charge in [0, 0.05) is 23.9 Å². The molecule has 0 unspecified atom stereocenters. The number of nitrogens with one attached hydrogen (secondary N) is 1. The molecule has 0 aliphatic rings. The summed E-state index contributed by atoms with van der Waals surface area (Å²) in [5, 5.41) is 3.45. The number of esters is 1. The highest BCUT2D eigenvalue weighted by atomic mass is 16.5. The van der Waals surface area contributed by atoms with Crippen LogP contribution in [0.1, 0.15) is 12.5 Å². The van der Waals surface area contributed by atoms with Crippen LogP contribution in [0.2, 0.25) is 0 Å². The molecule has 0 bridgehead atoms. The Kier molecular flexibility index (Phi) is 7.26. The van der Waals surface area contributed by atoms with Gasteiger partial charge in [0.15, 0.2) is 6.10 Å². The molecular weight excluding hydrogens is 446 g/mol. The molecule has 0 fully saturated rings. The molecule has 1 aromatic heterocycles. The van der Waals surface area contributed by atoms with Gasteiger partial charge in [0.05, 0.1) is 7.11 Å². The lowest BCUT2D eigenvalue weighted by Crippen LogP contribution is -2.47. The van der Waals surface area contributed by atoms with E-state index in [0.29, 0.717) is 11.3 Å². The number of methoxy groups -OCH3 is 1. The normalized spacial score (nSPS) is 12.5. The molecular formula is C28H25NO6. The minimum Gasteiger partial charge on any atom is -0.481 e. The minimum absolute atomic E-state index is 0.287. The molecule has 1 heterocycles. The number of benzene rings is 3. The Morgan fingerprint density at radius 2 is 1.63 bits per heavy atom. The molecule has 0 saturated carbocycles. The molecule has 1 N–H and O–H groups in total. The lowest BCUT2D eigenvalue weighted by molar-refractivity contribution is -0.145. The van der Waals surface area contributed by atoms with Gasteiger partial charge in [-0.3, -0.25) is 4.79 Å². The highest BCUT2D eigenvalue weighted by Gasteiger charge is 2.25. The number of ether oxygens (including phenoxy) is 2. The van der Waals surface area contributed by atoms with Crippen LogP contribution in [0.3, 0.4) is 0 Å². The lowest BCUT2D eigenvalue weighted by Gasteiger charge is -2.20. The van der Waals surface area contributed by atoms with Gasteiger partial charge < -0.3 is 19.2 Å². The molecule has 4 aromatic rings. The predicted molar refractivity (Wildman–Crippen MR) is 132 cm³/mol. The van der Waals surface area contributed by atoms with E-state index in [0.717, 1.165) is 22.1 Å². The average molecular weight is 472 g/mol. The van der Waals surface area contributed by atoms with Crippen molar-refractivity contribution in [1.29, 1.82) is 0 Å². The standard InChI is InChI=1S/C28H25NO6/c1-18(27(31)29-24(28(32)33-2)15-19-9-5-3-6-10-19)34-21-13-14-22-23(20-11-7-4-8-12-20)17-26(30)35-25(22)16-21/h3-14,16-18,24H,15H2,1-2H3,(H,29,31)/t18-,24-/m0/s1. The van der Waals surface area contributed by atoms with Gasteiger partial charge in [0.2, 0.25) is 0 Å². The first kappa shape index (κ1) is 23.8. The second-order valence-electron chi connectivity index (χ2n) is 8.04. The highest BCUT2D eigenvalue weighted by molar-refractivity contribution is 5.94. The van der Waals surface area contributed by atoms with E-state index in [2.05, 4.69) is 5.32 Å². The number of carbonyl (C=O) groups excluding carboxylic acids is 2. The van der Waals surface area contributed by atoms with E-state index in [-0.39, 0.29) is 6.42 Å². The summed E-state index contributed by atoms with van der Waals surface area (Å²) in [6.45, 7) is 1.58. The number of amides is 1. The number of rotatable bonds is 8. The zero-order valence-electron chi connectivity index (χ0n) is 19.4. The third-order valence-electron chi connectivity index (χ3n) is 5.57. The molecule has 7 heteroatoms. The van der Waals surface area contributed by atoms with Crippen LogP contribution in [0, 0.1) is 0 Å². The maximum Gasteiger partial charge on any atom is 0.336 e. The molecule has 4 rings (SSSR count). The van der Waals surface area contributed by atoms with Gasteiger partial charge in [-0.05, 0) is 35.7 Å². The summed E-state index contributed by atoms with van der Waals surface area (Å²) in [5.41, 5.74) is 2.38. The first-order valence-electron chi connectivity index (χ1n) is 11.2. The summed E-state index contributed by atoms with van der Waals surface area (Å²) in [6.07, 6.45) is -0.630. The van der Waals surface area contributed by atoms with Crippen LogP contribution in [0.4, 0.5) is 0 Å². The molecule has 0 radical (unpaired) electrons. The Balaban J connectivity index is 1.51. The van der Waals surface area contributed by atoms with Crippen LogP contribution in [0.15, 0.2) is 94.1 Å². The van der Waals surface area contributed by atoms with Gasteiger partial charge >= 0.3 is 11.6 Å². The van der Waals surface area contributed by atoms with Gasteiger partial charge in [-0.2, -0.15) is 0 Å². The van der Waals surface area contributed by atoms with Crippen molar-refractivity contribution in [2.75, 3.05) is 7.11 Å². The maximum atomic E-state index is 12.8. The van der Waals surface area contributed by atoms with Gasteiger partial charge in [0.1, 0.15) is 17.4 Å². The number of hydrogen-bond donors (Lipinski definition) is 1. The van der Waals surface area contributed by atoms with Gasteiger partial charge in [-0.1, -0.05) is 60.7 Å². The zero-order valence-corrected chi connectivity index (χ0v) is 19.4. The van der Waals surface area contributed by atoms with Crippen LogP contribution < -0.4 is 15.7 Å². The van der Waals surface area contributed by atoms with E-state index in [1.54, 1.807) is 25.1 Å². The third kappa shape index (κ3) is 5.76. The smallest absolute Gasteiger partial charge is 0.336 e. The van der Waals surface area contributed by atoms with Crippen molar-refractivity contribution in [1.82, 2.24) is 5.32 Å². The van der Waals surface area contributed by atoms with E-state index in [1.165, 1.54) is 13.2 Å².